The first-order valence-electron chi connectivity index (χ1n) is 6.92. The van der Waals surface area contributed by atoms with E-state index in [1.807, 2.05) is 0 Å². The molecule has 2 rings (SSSR count). The molecule has 0 bridgehead atoms. The lowest BCUT2D eigenvalue weighted by Crippen LogP contribution is -2.41. The highest BCUT2D eigenvalue weighted by atomic mass is 19.4. The lowest BCUT2D eigenvalue weighted by molar-refractivity contribution is -0.192. The summed E-state index contributed by atoms with van der Waals surface area (Å²) in [6, 6.07) is 0. The average Bonchev–Trinajstić information content (AvgIpc) is 2.59. The molecule has 2 aliphatic rings. The Labute approximate surface area is 128 Å². The van der Waals surface area contributed by atoms with Crippen molar-refractivity contribution in [3.8, 4) is 0 Å². The summed E-state index contributed by atoms with van der Waals surface area (Å²) >= 11 is 0. The fourth-order valence-electron chi connectivity index (χ4n) is 1.85. The van der Waals surface area contributed by atoms with Crippen LogP contribution in [0.25, 0.3) is 0 Å². The van der Waals surface area contributed by atoms with E-state index in [-0.39, 0.29) is 18.3 Å². The van der Waals surface area contributed by atoms with Crippen LogP contribution < -0.4 is 5.32 Å². The summed E-state index contributed by atoms with van der Waals surface area (Å²) in [5.74, 6) is -2.76. The second-order valence-corrected chi connectivity index (χ2v) is 6.12. The zero-order valence-electron chi connectivity index (χ0n) is 13.1. The Hall–Kier alpha value is -1.06. The molecule has 0 radical (unpaired) electrons. The number of alkyl halides is 3. The van der Waals surface area contributed by atoms with Crippen molar-refractivity contribution in [2.75, 3.05) is 13.1 Å². The quantitative estimate of drug-likeness (QED) is 0.724. The van der Waals surface area contributed by atoms with Crippen LogP contribution in [0, 0.1) is 0 Å². The Morgan fingerprint density at radius 2 is 1.73 bits per heavy atom. The van der Waals surface area contributed by atoms with E-state index >= 15 is 0 Å². The van der Waals surface area contributed by atoms with Gasteiger partial charge in [-0.25, -0.2) is 4.79 Å². The van der Waals surface area contributed by atoms with Gasteiger partial charge in [-0.15, -0.1) is 0 Å². The molecule has 0 spiro atoms. The fraction of sp³-hybridized carbons (Fsp3) is 0.769. The second kappa shape index (κ2) is 6.60. The summed E-state index contributed by atoms with van der Waals surface area (Å²) in [5.41, 5.74) is 0.847. The summed E-state index contributed by atoms with van der Waals surface area (Å²) in [4.78, 5) is 8.90. The van der Waals surface area contributed by atoms with Crippen molar-refractivity contribution < 1.29 is 32.4 Å². The van der Waals surface area contributed by atoms with Gasteiger partial charge in [-0.1, -0.05) is 6.08 Å². The predicted octanol–water partition coefficient (Wildman–Crippen LogP) is 2.17. The van der Waals surface area contributed by atoms with E-state index in [1.54, 1.807) is 0 Å². The number of halogens is 3. The fourth-order valence-corrected chi connectivity index (χ4v) is 1.85. The maximum Gasteiger partial charge on any atom is 0.490 e. The van der Waals surface area contributed by atoms with Crippen molar-refractivity contribution in [3.63, 3.8) is 0 Å². The van der Waals surface area contributed by atoms with Crippen molar-refractivity contribution >= 4 is 13.1 Å². The maximum absolute atomic E-state index is 10.6. The minimum atomic E-state index is -5.08. The number of carboxylic acids is 1. The minimum absolute atomic E-state index is 0.142. The summed E-state index contributed by atoms with van der Waals surface area (Å²) in [5, 5.41) is 10.4. The first kappa shape index (κ1) is 19.0. The average molecular weight is 323 g/mol. The highest BCUT2D eigenvalue weighted by Crippen LogP contribution is 2.39. The van der Waals surface area contributed by atoms with Gasteiger partial charge in [0, 0.05) is 6.54 Å². The Balaban J connectivity index is 0.000000295. The molecule has 0 aromatic heterocycles. The van der Waals surface area contributed by atoms with Gasteiger partial charge in [0.1, 0.15) is 0 Å². The molecule has 0 unspecified atom stereocenters. The molecule has 0 amide bonds. The third-order valence-electron chi connectivity index (χ3n) is 3.90. The SMILES string of the molecule is CC1(C)OB(C2=CCNCC2)OC1(C)C.O=C(O)C(F)(F)F. The molecule has 9 heteroatoms. The summed E-state index contributed by atoms with van der Waals surface area (Å²) in [7, 11) is -0.142. The number of carboxylic acid groups (broad SMARTS) is 1. The third-order valence-corrected chi connectivity index (χ3v) is 3.90. The first-order chi connectivity index (χ1) is 9.87. The third kappa shape index (κ3) is 4.72. The highest BCUT2D eigenvalue weighted by Gasteiger charge is 2.52. The molecule has 0 aromatic carbocycles. The van der Waals surface area contributed by atoms with Crippen molar-refractivity contribution in [2.24, 2.45) is 0 Å². The molecule has 2 aliphatic heterocycles. The number of rotatable bonds is 1. The van der Waals surface area contributed by atoms with Gasteiger partial charge >= 0.3 is 19.3 Å². The molecular formula is C13H21BF3NO4. The summed E-state index contributed by atoms with van der Waals surface area (Å²) in [6.07, 6.45) is -1.87. The zero-order valence-corrected chi connectivity index (χ0v) is 13.1. The second-order valence-electron chi connectivity index (χ2n) is 6.12. The van der Waals surface area contributed by atoms with Gasteiger partial charge in [-0.3, -0.25) is 0 Å². The number of nitrogens with one attached hydrogen (secondary N) is 1. The Bertz CT molecular complexity index is 433. The lowest BCUT2D eigenvalue weighted by atomic mass is 9.75. The molecule has 1 fully saturated rings. The van der Waals surface area contributed by atoms with Crippen LogP contribution in [0.15, 0.2) is 11.5 Å². The van der Waals surface area contributed by atoms with Crippen LogP contribution in [-0.4, -0.2) is 48.7 Å². The normalized spacial score (nSPS) is 23.4. The minimum Gasteiger partial charge on any atom is -0.475 e. The van der Waals surface area contributed by atoms with E-state index in [0.717, 1.165) is 19.5 Å². The topological polar surface area (TPSA) is 67.8 Å². The molecule has 0 aromatic rings. The highest BCUT2D eigenvalue weighted by molar-refractivity contribution is 6.54. The molecule has 5 nitrogen and oxygen atoms in total. The van der Waals surface area contributed by atoms with Gasteiger partial charge in [0.2, 0.25) is 0 Å². The van der Waals surface area contributed by atoms with Crippen LogP contribution in [0.3, 0.4) is 0 Å². The molecule has 0 aliphatic carbocycles. The molecule has 22 heavy (non-hydrogen) atoms. The van der Waals surface area contributed by atoms with Crippen molar-refractivity contribution in [3.05, 3.63) is 11.5 Å². The first-order valence-corrected chi connectivity index (χ1v) is 6.92. The summed E-state index contributed by atoms with van der Waals surface area (Å²) < 4.78 is 43.7. The van der Waals surface area contributed by atoms with Crippen molar-refractivity contribution in [2.45, 2.75) is 51.5 Å². The van der Waals surface area contributed by atoms with Gasteiger partial charge in [-0.2, -0.15) is 13.2 Å². The largest absolute Gasteiger partial charge is 0.490 e. The standard InChI is InChI=1S/C11H20BNO2.C2HF3O2/c1-10(2)11(3,4)15-12(14-10)9-5-7-13-8-6-9;3-2(4,5)1(6)7/h5,13H,6-8H2,1-4H3;(H,6,7). The van der Waals surface area contributed by atoms with Crippen LogP contribution >= 0.6 is 0 Å². The van der Waals surface area contributed by atoms with Gasteiger partial charge in [0.15, 0.2) is 0 Å². The van der Waals surface area contributed by atoms with Gasteiger partial charge in [0.25, 0.3) is 0 Å². The Morgan fingerprint density at radius 1 is 1.27 bits per heavy atom. The van der Waals surface area contributed by atoms with E-state index < -0.39 is 12.1 Å². The van der Waals surface area contributed by atoms with Gasteiger partial charge in [0.05, 0.1) is 11.2 Å². The molecule has 126 valence electrons. The number of hydrogen-bond acceptors (Lipinski definition) is 4. The van der Waals surface area contributed by atoms with E-state index in [0.29, 0.717) is 0 Å². The Morgan fingerprint density at radius 3 is 2.05 bits per heavy atom. The predicted molar refractivity (Wildman–Crippen MR) is 75.3 cm³/mol. The van der Waals surface area contributed by atoms with E-state index in [2.05, 4.69) is 39.1 Å². The smallest absolute Gasteiger partial charge is 0.475 e. The molecule has 0 atom stereocenters. The van der Waals surface area contributed by atoms with Crippen LogP contribution in [0.1, 0.15) is 34.1 Å². The van der Waals surface area contributed by atoms with Crippen LogP contribution in [0.5, 0.6) is 0 Å². The molecule has 2 N–H and O–H groups in total. The van der Waals surface area contributed by atoms with Gasteiger partial charge in [-0.05, 0) is 46.1 Å². The molecule has 1 saturated heterocycles. The van der Waals surface area contributed by atoms with E-state index in [4.69, 9.17) is 19.2 Å². The Kier molecular flexibility index (Phi) is 5.69. The van der Waals surface area contributed by atoms with Crippen molar-refractivity contribution in [1.29, 1.82) is 0 Å². The lowest BCUT2D eigenvalue weighted by Gasteiger charge is -2.32. The maximum atomic E-state index is 10.6. The monoisotopic (exact) mass is 323 g/mol. The van der Waals surface area contributed by atoms with Crippen LogP contribution in [0.4, 0.5) is 13.2 Å². The van der Waals surface area contributed by atoms with Crippen molar-refractivity contribution in [1.82, 2.24) is 5.32 Å². The molecular weight excluding hydrogens is 302 g/mol. The van der Waals surface area contributed by atoms with Crippen LogP contribution in [0.2, 0.25) is 0 Å². The molecule has 0 saturated carbocycles. The van der Waals surface area contributed by atoms with E-state index in [1.165, 1.54) is 5.47 Å². The number of carbonyl (C=O) groups is 1. The number of hydrogen-bond donors (Lipinski definition) is 2. The number of aliphatic carboxylic acids is 1. The molecule has 2 heterocycles. The van der Waals surface area contributed by atoms with E-state index in [9.17, 15) is 13.2 Å². The zero-order chi connectivity index (χ0) is 17.2. The summed E-state index contributed by atoms with van der Waals surface area (Å²) in [6.45, 7) is 10.3. The van der Waals surface area contributed by atoms with Gasteiger partial charge < -0.3 is 19.7 Å². The van der Waals surface area contributed by atoms with Crippen LogP contribution in [-0.2, 0) is 14.1 Å².